The molecular formula is C30H39ClN4O2. The number of amides is 2. The Balaban J connectivity index is 1.44. The lowest BCUT2D eigenvalue weighted by molar-refractivity contribution is -0.137. The Hall–Kier alpha value is -2.41. The first kappa shape index (κ1) is 26.2. The summed E-state index contributed by atoms with van der Waals surface area (Å²) in [5.74, 6) is 0.622. The van der Waals surface area contributed by atoms with Crippen molar-refractivity contribution in [3.63, 3.8) is 0 Å². The van der Waals surface area contributed by atoms with Crippen LogP contribution in [-0.2, 0) is 22.7 Å². The predicted octanol–water partition coefficient (Wildman–Crippen LogP) is 4.66. The fourth-order valence-electron chi connectivity index (χ4n) is 5.63. The molecule has 1 aliphatic carbocycles. The van der Waals surface area contributed by atoms with Gasteiger partial charge in [-0.05, 0) is 75.5 Å². The molecule has 5 rings (SSSR count). The first-order valence-electron chi connectivity index (χ1n) is 13.8. The number of hydrogen-bond donors (Lipinski definition) is 0. The molecule has 0 unspecified atom stereocenters. The molecular weight excluding hydrogens is 484 g/mol. The molecule has 1 saturated heterocycles. The quantitative estimate of drug-likeness (QED) is 0.586. The Morgan fingerprint density at radius 3 is 2.30 bits per heavy atom. The summed E-state index contributed by atoms with van der Waals surface area (Å²) in [5.41, 5.74) is 3.16. The van der Waals surface area contributed by atoms with Gasteiger partial charge in [0, 0.05) is 56.1 Å². The lowest BCUT2D eigenvalue weighted by Crippen LogP contribution is -2.44. The number of hydrogen-bond acceptors (Lipinski definition) is 4. The van der Waals surface area contributed by atoms with Gasteiger partial charge in [-0.25, -0.2) is 0 Å². The van der Waals surface area contributed by atoms with E-state index in [-0.39, 0.29) is 23.7 Å². The van der Waals surface area contributed by atoms with E-state index < -0.39 is 0 Å². The second kappa shape index (κ2) is 12.0. The molecule has 0 bridgehead atoms. The van der Waals surface area contributed by atoms with Crippen molar-refractivity contribution in [3.8, 4) is 0 Å². The topological polar surface area (TPSA) is 47.1 Å². The zero-order valence-corrected chi connectivity index (χ0v) is 22.7. The van der Waals surface area contributed by atoms with Crippen molar-refractivity contribution in [2.45, 2.75) is 45.2 Å². The van der Waals surface area contributed by atoms with E-state index in [1.165, 1.54) is 5.56 Å². The summed E-state index contributed by atoms with van der Waals surface area (Å²) in [4.78, 5) is 36.0. The van der Waals surface area contributed by atoms with E-state index >= 15 is 0 Å². The van der Waals surface area contributed by atoms with Crippen LogP contribution < -0.4 is 4.90 Å². The summed E-state index contributed by atoms with van der Waals surface area (Å²) in [7, 11) is 2.13. The van der Waals surface area contributed by atoms with Gasteiger partial charge in [0.2, 0.25) is 11.8 Å². The van der Waals surface area contributed by atoms with E-state index in [2.05, 4.69) is 41.1 Å². The van der Waals surface area contributed by atoms with Gasteiger partial charge in [-0.2, -0.15) is 0 Å². The highest BCUT2D eigenvalue weighted by Crippen LogP contribution is 2.35. The average molecular weight is 523 g/mol. The van der Waals surface area contributed by atoms with Gasteiger partial charge in [-0.15, -0.1) is 0 Å². The zero-order chi connectivity index (χ0) is 25.8. The molecule has 37 heavy (non-hydrogen) atoms. The molecule has 198 valence electrons. The molecule has 2 heterocycles. The first-order valence-corrected chi connectivity index (χ1v) is 14.2. The maximum atomic E-state index is 13.9. The number of nitrogens with zero attached hydrogens (tertiary/aromatic N) is 4. The fourth-order valence-corrected chi connectivity index (χ4v) is 5.80. The van der Waals surface area contributed by atoms with Crippen molar-refractivity contribution in [1.82, 2.24) is 14.7 Å². The van der Waals surface area contributed by atoms with Gasteiger partial charge in [0.05, 0.1) is 5.69 Å². The van der Waals surface area contributed by atoms with Crippen LogP contribution in [0, 0.1) is 11.8 Å². The van der Waals surface area contributed by atoms with E-state index in [0.717, 1.165) is 76.1 Å². The molecule has 7 heteroatoms. The second-order valence-corrected chi connectivity index (χ2v) is 11.4. The van der Waals surface area contributed by atoms with Crippen LogP contribution in [0.15, 0.2) is 48.5 Å². The fraction of sp³-hybridized carbons (Fsp3) is 0.533. The third-order valence-electron chi connectivity index (χ3n) is 8.06. The number of anilines is 1. The van der Waals surface area contributed by atoms with Crippen LogP contribution in [0.3, 0.4) is 0 Å². The number of likely N-dealkylation sites (tertiary alicyclic amines) is 1. The van der Waals surface area contributed by atoms with Gasteiger partial charge in [0.25, 0.3) is 0 Å². The lowest BCUT2D eigenvalue weighted by Gasteiger charge is -2.34. The standard InChI is InChI=1S/C30H39ClN4O2/c1-32-16-12-25(13-17-32)29(36)34-19-18-33(21-23-6-3-2-4-7-23)14-5-15-35(30(37)24-8-9-24)28-20-27(31)11-10-26(28)22-34/h2-4,6-7,10-11,20,24-25H,5,8-9,12-19,21-22H2,1H3. The SMILES string of the molecule is CN1CCC(C(=O)N2CCN(Cc3ccccc3)CCCN(C(=O)C3CC3)c3cc(Cl)ccc3C2)CC1. The minimum Gasteiger partial charge on any atom is -0.337 e. The molecule has 0 radical (unpaired) electrons. The minimum absolute atomic E-state index is 0.0591. The second-order valence-electron chi connectivity index (χ2n) is 11.0. The van der Waals surface area contributed by atoms with Crippen molar-refractivity contribution in [1.29, 1.82) is 0 Å². The van der Waals surface area contributed by atoms with E-state index in [4.69, 9.17) is 11.6 Å². The maximum Gasteiger partial charge on any atom is 0.230 e. The Labute approximate surface area is 226 Å². The number of carbonyl (C=O) groups is 2. The molecule has 0 N–H and O–H groups in total. The van der Waals surface area contributed by atoms with Gasteiger partial charge < -0.3 is 14.7 Å². The molecule has 2 aliphatic heterocycles. The maximum absolute atomic E-state index is 13.9. The summed E-state index contributed by atoms with van der Waals surface area (Å²) in [6, 6.07) is 16.3. The largest absolute Gasteiger partial charge is 0.337 e. The number of halogens is 1. The van der Waals surface area contributed by atoms with Crippen LogP contribution in [0.1, 0.15) is 43.2 Å². The van der Waals surface area contributed by atoms with E-state index in [1.807, 2.05) is 34.1 Å². The summed E-state index contributed by atoms with van der Waals surface area (Å²) < 4.78 is 0. The number of fused-ring (bicyclic) bond motifs is 1. The van der Waals surface area contributed by atoms with Crippen LogP contribution >= 0.6 is 11.6 Å². The highest BCUT2D eigenvalue weighted by atomic mass is 35.5. The third kappa shape index (κ3) is 6.73. The van der Waals surface area contributed by atoms with Gasteiger partial charge in [-0.1, -0.05) is 48.0 Å². The molecule has 0 atom stereocenters. The number of rotatable bonds is 4. The van der Waals surface area contributed by atoms with Crippen molar-refractivity contribution in [2.75, 3.05) is 51.2 Å². The van der Waals surface area contributed by atoms with Crippen molar-refractivity contribution in [3.05, 3.63) is 64.7 Å². The molecule has 6 nitrogen and oxygen atoms in total. The van der Waals surface area contributed by atoms with Crippen molar-refractivity contribution in [2.24, 2.45) is 11.8 Å². The smallest absolute Gasteiger partial charge is 0.230 e. The van der Waals surface area contributed by atoms with Crippen LogP contribution in [0.2, 0.25) is 5.02 Å². The Morgan fingerprint density at radius 1 is 0.838 bits per heavy atom. The van der Waals surface area contributed by atoms with Crippen LogP contribution in [0.4, 0.5) is 5.69 Å². The van der Waals surface area contributed by atoms with Crippen molar-refractivity contribution < 1.29 is 9.59 Å². The van der Waals surface area contributed by atoms with Gasteiger partial charge in [-0.3, -0.25) is 14.5 Å². The van der Waals surface area contributed by atoms with Gasteiger partial charge >= 0.3 is 0 Å². The van der Waals surface area contributed by atoms with Crippen LogP contribution in [0.5, 0.6) is 0 Å². The molecule has 2 aromatic rings. The highest BCUT2D eigenvalue weighted by molar-refractivity contribution is 6.31. The van der Waals surface area contributed by atoms with E-state index in [0.29, 0.717) is 24.7 Å². The predicted molar refractivity (Wildman–Crippen MR) is 149 cm³/mol. The Morgan fingerprint density at radius 2 is 1.57 bits per heavy atom. The molecule has 1 saturated carbocycles. The van der Waals surface area contributed by atoms with Gasteiger partial charge in [0.15, 0.2) is 0 Å². The third-order valence-corrected chi connectivity index (χ3v) is 8.30. The number of benzene rings is 2. The summed E-state index contributed by atoms with van der Waals surface area (Å²) in [6.45, 7) is 6.29. The van der Waals surface area contributed by atoms with E-state index in [9.17, 15) is 9.59 Å². The molecule has 2 amide bonds. The number of piperidine rings is 1. The molecule has 2 fully saturated rings. The summed E-state index contributed by atoms with van der Waals surface area (Å²) >= 11 is 6.46. The van der Waals surface area contributed by atoms with Crippen LogP contribution in [0.25, 0.3) is 0 Å². The lowest BCUT2D eigenvalue weighted by atomic mass is 9.95. The Bertz CT molecular complexity index is 1080. The molecule has 3 aliphatic rings. The average Bonchev–Trinajstić information content (AvgIpc) is 3.75. The molecule has 0 aromatic heterocycles. The summed E-state index contributed by atoms with van der Waals surface area (Å²) in [5, 5.41) is 0.626. The minimum atomic E-state index is 0.0591. The monoisotopic (exact) mass is 522 g/mol. The van der Waals surface area contributed by atoms with Gasteiger partial charge in [0.1, 0.15) is 0 Å². The zero-order valence-electron chi connectivity index (χ0n) is 21.9. The van der Waals surface area contributed by atoms with Crippen molar-refractivity contribution >= 4 is 29.1 Å². The van der Waals surface area contributed by atoms with Crippen LogP contribution in [-0.4, -0.2) is 72.8 Å². The molecule has 2 aromatic carbocycles. The first-order chi connectivity index (χ1) is 18.0. The number of carbonyl (C=O) groups excluding carboxylic acids is 2. The Kier molecular flexibility index (Phi) is 8.48. The normalized spacial score (nSPS) is 20.8. The highest BCUT2D eigenvalue weighted by Gasteiger charge is 2.35. The molecule has 0 spiro atoms. The van der Waals surface area contributed by atoms with E-state index in [1.54, 1.807) is 0 Å². The summed E-state index contributed by atoms with van der Waals surface area (Å²) in [6.07, 6.45) is 4.61.